The van der Waals surface area contributed by atoms with Crippen LogP contribution in [0.1, 0.15) is 21.7 Å². The molecule has 0 bridgehead atoms. The summed E-state index contributed by atoms with van der Waals surface area (Å²) in [5, 5.41) is 6.66. The van der Waals surface area contributed by atoms with Crippen molar-refractivity contribution in [2.24, 2.45) is 5.10 Å². The highest BCUT2D eigenvalue weighted by Crippen LogP contribution is 2.06. The zero-order valence-corrected chi connectivity index (χ0v) is 14.5. The largest absolute Gasteiger partial charge is 0.463 e. The summed E-state index contributed by atoms with van der Waals surface area (Å²) in [6, 6.07) is 20.9. The molecule has 6 heteroatoms. The van der Waals surface area contributed by atoms with Crippen LogP contribution in [0, 0.1) is 0 Å². The Morgan fingerprint density at radius 3 is 2.33 bits per heavy atom. The highest BCUT2D eigenvalue weighted by Gasteiger charge is 2.21. The molecule has 2 N–H and O–H groups in total. The molecule has 27 heavy (non-hydrogen) atoms. The topological polar surface area (TPSA) is 83.7 Å². The van der Waals surface area contributed by atoms with Gasteiger partial charge in [0.25, 0.3) is 11.8 Å². The van der Waals surface area contributed by atoms with Gasteiger partial charge in [0.15, 0.2) is 0 Å². The van der Waals surface area contributed by atoms with Crippen molar-refractivity contribution in [3.63, 3.8) is 0 Å². The zero-order valence-electron chi connectivity index (χ0n) is 14.5. The summed E-state index contributed by atoms with van der Waals surface area (Å²) in [4.78, 5) is 25.0. The molecule has 1 unspecified atom stereocenters. The van der Waals surface area contributed by atoms with Crippen LogP contribution in [0.2, 0.25) is 0 Å². The van der Waals surface area contributed by atoms with Crippen LogP contribution in [-0.2, 0) is 11.2 Å². The summed E-state index contributed by atoms with van der Waals surface area (Å²) < 4.78 is 5.12. The molecule has 136 valence electrons. The molecule has 0 aliphatic carbocycles. The van der Waals surface area contributed by atoms with E-state index in [1.807, 2.05) is 36.4 Å². The fourth-order valence-corrected chi connectivity index (χ4v) is 2.49. The van der Waals surface area contributed by atoms with Crippen LogP contribution in [0.15, 0.2) is 88.6 Å². The predicted molar refractivity (Wildman–Crippen MR) is 102 cm³/mol. The van der Waals surface area contributed by atoms with Crippen molar-refractivity contribution >= 4 is 18.0 Å². The second-order valence-electron chi connectivity index (χ2n) is 5.83. The Labute approximate surface area is 156 Å². The number of benzene rings is 2. The summed E-state index contributed by atoms with van der Waals surface area (Å²) in [5.74, 6) is -0.212. The van der Waals surface area contributed by atoms with E-state index in [2.05, 4.69) is 15.8 Å². The number of hydrazone groups is 1. The molecule has 1 heterocycles. The van der Waals surface area contributed by atoms with E-state index in [-0.39, 0.29) is 5.91 Å². The van der Waals surface area contributed by atoms with Gasteiger partial charge in [-0.2, -0.15) is 5.10 Å². The van der Waals surface area contributed by atoms with Gasteiger partial charge in [0.1, 0.15) is 11.8 Å². The molecule has 0 fully saturated rings. The average molecular weight is 361 g/mol. The maximum absolute atomic E-state index is 12.6. The first-order chi connectivity index (χ1) is 13.2. The molecule has 3 rings (SSSR count). The maximum Gasteiger partial charge on any atom is 0.262 e. The van der Waals surface area contributed by atoms with Crippen LogP contribution in [0.25, 0.3) is 0 Å². The van der Waals surface area contributed by atoms with E-state index >= 15 is 0 Å². The second kappa shape index (κ2) is 9.15. The van der Waals surface area contributed by atoms with Gasteiger partial charge in [-0.05, 0) is 29.8 Å². The molecule has 1 aromatic heterocycles. The quantitative estimate of drug-likeness (QED) is 0.501. The smallest absolute Gasteiger partial charge is 0.262 e. The minimum atomic E-state index is -0.770. The number of carbonyl (C=O) groups excluding carboxylic acids is 2. The van der Waals surface area contributed by atoms with Crippen LogP contribution in [0.5, 0.6) is 0 Å². The second-order valence-corrected chi connectivity index (χ2v) is 5.83. The van der Waals surface area contributed by atoms with Crippen molar-refractivity contribution in [3.05, 3.63) is 95.9 Å². The number of nitrogens with zero attached hydrogens (tertiary/aromatic N) is 1. The number of nitrogens with one attached hydrogen (secondary N) is 2. The summed E-state index contributed by atoms with van der Waals surface area (Å²) >= 11 is 0. The molecule has 6 nitrogen and oxygen atoms in total. The van der Waals surface area contributed by atoms with Gasteiger partial charge in [0.05, 0.1) is 12.5 Å². The van der Waals surface area contributed by atoms with Crippen LogP contribution in [0.4, 0.5) is 0 Å². The third-order valence-electron chi connectivity index (χ3n) is 3.85. The average Bonchev–Trinajstić information content (AvgIpc) is 3.22. The fourth-order valence-electron chi connectivity index (χ4n) is 2.49. The van der Waals surface area contributed by atoms with Crippen LogP contribution in [-0.4, -0.2) is 24.1 Å². The van der Waals surface area contributed by atoms with Crippen molar-refractivity contribution in [3.8, 4) is 0 Å². The zero-order chi connectivity index (χ0) is 18.9. The van der Waals surface area contributed by atoms with Gasteiger partial charge < -0.3 is 9.73 Å². The number of rotatable bonds is 7. The van der Waals surface area contributed by atoms with Gasteiger partial charge in [-0.15, -0.1) is 0 Å². The molecule has 2 amide bonds. The summed E-state index contributed by atoms with van der Waals surface area (Å²) in [6.45, 7) is 0. The molecular formula is C21H19N3O3. The molecule has 0 saturated carbocycles. The lowest BCUT2D eigenvalue weighted by atomic mass is 10.0. The minimum absolute atomic E-state index is 0.318. The maximum atomic E-state index is 12.6. The first-order valence-electron chi connectivity index (χ1n) is 8.48. The van der Waals surface area contributed by atoms with Gasteiger partial charge in [-0.25, -0.2) is 5.43 Å². The van der Waals surface area contributed by atoms with Crippen LogP contribution < -0.4 is 10.7 Å². The Bertz CT molecular complexity index is 891. The SMILES string of the molecule is O=C(NC(Cc1ccccc1)C(=O)N/N=C/c1ccco1)c1ccccc1. The van der Waals surface area contributed by atoms with E-state index in [0.717, 1.165) is 5.56 Å². The van der Waals surface area contributed by atoms with E-state index < -0.39 is 11.9 Å². The normalized spacial score (nSPS) is 11.9. The Balaban J connectivity index is 1.70. The monoisotopic (exact) mass is 361 g/mol. The summed E-state index contributed by atoms with van der Waals surface area (Å²) in [6.07, 6.45) is 3.26. The Hall–Kier alpha value is -3.67. The Morgan fingerprint density at radius 2 is 1.67 bits per heavy atom. The summed E-state index contributed by atoms with van der Waals surface area (Å²) in [7, 11) is 0. The number of furan rings is 1. The van der Waals surface area contributed by atoms with Crippen LogP contribution in [0.3, 0.4) is 0 Å². The molecule has 1 atom stereocenters. The van der Waals surface area contributed by atoms with Crippen molar-refractivity contribution < 1.29 is 14.0 Å². The van der Waals surface area contributed by atoms with Gasteiger partial charge in [0, 0.05) is 12.0 Å². The fraction of sp³-hybridized carbons (Fsp3) is 0.0952. The lowest BCUT2D eigenvalue weighted by Crippen LogP contribution is -2.46. The highest BCUT2D eigenvalue weighted by molar-refractivity contribution is 5.97. The van der Waals surface area contributed by atoms with Crippen molar-refractivity contribution in [1.82, 2.24) is 10.7 Å². The van der Waals surface area contributed by atoms with Crippen molar-refractivity contribution in [2.45, 2.75) is 12.5 Å². The molecule has 0 radical (unpaired) electrons. The molecular weight excluding hydrogens is 342 g/mol. The standard InChI is InChI=1S/C21H19N3O3/c25-20(17-10-5-2-6-11-17)23-19(14-16-8-3-1-4-9-16)21(26)24-22-15-18-12-7-13-27-18/h1-13,15,19H,14H2,(H,23,25)(H,24,26)/b22-15+. The van der Waals surface area contributed by atoms with Gasteiger partial charge >= 0.3 is 0 Å². The third kappa shape index (κ3) is 5.40. The van der Waals surface area contributed by atoms with Gasteiger partial charge in [0.2, 0.25) is 0 Å². The Kier molecular flexibility index (Phi) is 6.14. The molecule has 0 spiro atoms. The van der Waals surface area contributed by atoms with Crippen molar-refractivity contribution in [2.75, 3.05) is 0 Å². The molecule has 2 aromatic carbocycles. The number of hydrogen-bond donors (Lipinski definition) is 2. The van der Waals surface area contributed by atoms with E-state index in [0.29, 0.717) is 17.7 Å². The lowest BCUT2D eigenvalue weighted by Gasteiger charge is -2.17. The first kappa shape index (κ1) is 18.1. The molecule has 3 aromatic rings. The van der Waals surface area contributed by atoms with E-state index in [9.17, 15) is 9.59 Å². The number of carbonyl (C=O) groups is 2. The predicted octanol–water partition coefficient (Wildman–Crippen LogP) is 2.77. The van der Waals surface area contributed by atoms with E-state index in [1.165, 1.54) is 12.5 Å². The number of hydrogen-bond acceptors (Lipinski definition) is 4. The minimum Gasteiger partial charge on any atom is -0.463 e. The van der Waals surface area contributed by atoms with E-state index in [1.54, 1.807) is 36.4 Å². The number of amides is 2. The van der Waals surface area contributed by atoms with E-state index in [4.69, 9.17) is 4.42 Å². The van der Waals surface area contributed by atoms with Gasteiger partial charge in [-0.3, -0.25) is 9.59 Å². The van der Waals surface area contributed by atoms with Gasteiger partial charge in [-0.1, -0.05) is 48.5 Å². The first-order valence-corrected chi connectivity index (χ1v) is 8.48. The van der Waals surface area contributed by atoms with Crippen LogP contribution >= 0.6 is 0 Å². The third-order valence-corrected chi connectivity index (χ3v) is 3.85. The lowest BCUT2D eigenvalue weighted by molar-refractivity contribution is -0.122. The molecule has 0 aliphatic rings. The van der Waals surface area contributed by atoms with Crippen molar-refractivity contribution in [1.29, 1.82) is 0 Å². The highest BCUT2D eigenvalue weighted by atomic mass is 16.3. The molecule has 0 saturated heterocycles. The molecule has 0 aliphatic heterocycles. The Morgan fingerprint density at radius 1 is 0.963 bits per heavy atom. The summed E-state index contributed by atoms with van der Waals surface area (Å²) in [5.41, 5.74) is 3.87.